The Morgan fingerprint density at radius 3 is 2.67 bits per heavy atom. The summed E-state index contributed by atoms with van der Waals surface area (Å²) in [5.74, 6) is -0.0738. The van der Waals surface area contributed by atoms with Crippen molar-refractivity contribution in [3.63, 3.8) is 0 Å². The molecule has 0 spiro atoms. The first-order chi connectivity index (χ1) is 12.9. The van der Waals surface area contributed by atoms with Gasteiger partial charge in [0.25, 0.3) is 5.91 Å². The van der Waals surface area contributed by atoms with Gasteiger partial charge in [0.05, 0.1) is 22.8 Å². The van der Waals surface area contributed by atoms with E-state index in [1.54, 1.807) is 16.6 Å². The number of primary amides is 1. The number of carbonyl (C=O) groups is 1. The predicted octanol–water partition coefficient (Wildman–Crippen LogP) is 0.772. The first kappa shape index (κ1) is 17.6. The number of fused-ring (bicyclic) bond motifs is 1. The van der Waals surface area contributed by atoms with E-state index in [0.29, 0.717) is 24.2 Å². The van der Waals surface area contributed by atoms with Gasteiger partial charge in [-0.2, -0.15) is 5.10 Å². The minimum Gasteiger partial charge on any atom is -0.365 e. The van der Waals surface area contributed by atoms with Crippen molar-refractivity contribution in [2.45, 2.75) is 19.0 Å². The second-order valence-corrected chi connectivity index (χ2v) is 8.90. The third-order valence-corrected chi connectivity index (χ3v) is 6.54. The molecule has 1 aliphatic rings. The number of amides is 1. The molecule has 27 heavy (non-hydrogen) atoms. The summed E-state index contributed by atoms with van der Waals surface area (Å²) in [6, 6.07) is 11.3. The highest BCUT2D eigenvalue weighted by molar-refractivity contribution is 7.91. The molecule has 3 aromatic rings. The lowest BCUT2D eigenvalue weighted by molar-refractivity contribution is 0.100. The number of benzene rings is 1. The van der Waals surface area contributed by atoms with Crippen LogP contribution in [0.2, 0.25) is 0 Å². The zero-order chi connectivity index (χ0) is 19.0. The molecule has 1 aromatic carbocycles. The molecule has 0 bridgehead atoms. The van der Waals surface area contributed by atoms with Gasteiger partial charge in [-0.05, 0) is 24.1 Å². The summed E-state index contributed by atoms with van der Waals surface area (Å²) in [4.78, 5) is 15.6. The van der Waals surface area contributed by atoms with Crippen LogP contribution in [-0.4, -0.2) is 46.5 Å². The number of aromatic nitrogens is 3. The van der Waals surface area contributed by atoms with Crippen LogP contribution < -0.4 is 11.1 Å². The van der Waals surface area contributed by atoms with E-state index in [9.17, 15) is 13.2 Å². The summed E-state index contributed by atoms with van der Waals surface area (Å²) in [7, 11) is -2.88. The Kier molecular flexibility index (Phi) is 4.40. The molecule has 1 amide bonds. The molecule has 1 unspecified atom stereocenters. The number of carbonyl (C=O) groups excluding carboxylic acids is 1. The van der Waals surface area contributed by atoms with E-state index >= 15 is 0 Å². The zero-order valence-corrected chi connectivity index (χ0v) is 15.3. The Balaban J connectivity index is 1.53. The molecule has 0 aliphatic carbocycles. The molecule has 1 atom stereocenters. The van der Waals surface area contributed by atoms with Crippen LogP contribution in [0.25, 0.3) is 16.9 Å². The summed E-state index contributed by atoms with van der Waals surface area (Å²) < 4.78 is 24.6. The van der Waals surface area contributed by atoms with E-state index in [4.69, 9.17) is 5.73 Å². The number of pyridine rings is 1. The average Bonchev–Trinajstić information content (AvgIpc) is 3.26. The van der Waals surface area contributed by atoms with Crippen molar-refractivity contribution in [3.05, 3.63) is 53.9 Å². The molecule has 9 heteroatoms. The van der Waals surface area contributed by atoms with Crippen molar-refractivity contribution in [3.8, 4) is 11.3 Å². The predicted molar refractivity (Wildman–Crippen MR) is 101 cm³/mol. The first-order valence-corrected chi connectivity index (χ1v) is 10.4. The Morgan fingerprint density at radius 1 is 1.22 bits per heavy atom. The SMILES string of the molecule is NC(=O)c1ccc(-c2ccc(CNC3CCS(=O)(=O)C3)cc2)n2ncnc12. The second-order valence-electron chi connectivity index (χ2n) is 6.67. The highest BCUT2D eigenvalue weighted by atomic mass is 32.2. The smallest absolute Gasteiger partial charge is 0.252 e. The van der Waals surface area contributed by atoms with Crippen molar-refractivity contribution in [1.29, 1.82) is 0 Å². The fourth-order valence-corrected chi connectivity index (χ4v) is 5.04. The van der Waals surface area contributed by atoms with Crippen LogP contribution in [0.4, 0.5) is 0 Å². The van der Waals surface area contributed by atoms with Gasteiger partial charge in [0.15, 0.2) is 15.5 Å². The number of rotatable bonds is 5. The van der Waals surface area contributed by atoms with E-state index in [0.717, 1.165) is 16.8 Å². The summed E-state index contributed by atoms with van der Waals surface area (Å²) in [6.45, 7) is 0.611. The minimum absolute atomic E-state index is 0.0193. The quantitative estimate of drug-likeness (QED) is 0.669. The summed E-state index contributed by atoms with van der Waals surface area (Å²) in [5.41, 5.74) is 8.92. The van der Waals surface area contributed by atoms with Crippen LogP contribution in [-0.2, 0) is 16.4 Å². The molecule has 1 aliphatic heterocycles. The van der Waals surface area contributed by atoms with Crippen molar-refractivity contribution >= 4 is 21.4 Å². The number of nitrogens with one attached hydrogen (secondary N) is 1. The molecule has 3 heterocycles. The van der Waals surface area contributed by atoms with Crippen LogP contribution in [0.5, 0.6) is 0 Å². The molecule has 0 radical (unpaired) electrons. The van der Waals surface area contributed by atoms with Gasteiger partial charge in [-0.3, -0.25) is 4.79 Å². The number of nitrogens with two attached hydrogens (primary N) is 1. The fraction of sp³-hybridized carbons (Fsp3) is 0.278. The molecule has 1 saturated heterocycles. The van der Waals surface area contributed by atoms with Crippen molar-refractivity contribution < 1.29 is 13.2 Å². The normalized spacial score (nSPS) is 18.7. The van der Waals surface area contributed by atoms with Crippen LogP contribution in [0, 0.1) is 0 Å². The third-order valence-electron chi connectivity index (χ3n) is 4.77. The average molecular weight is 385 g/mol. The van der Waals surface area contributed by atoms with Gasteiger partial charge >= 0.3 is 0 Å². The van der Waals surface area contributed by atoms with E-state index in [1.165, 1.54) is 6.33 Å². The highest BCUT2D eigenvalue weighted by Gasteiger charge is 2.27. The van der Waals surface area contributed by atoms with Gasteiger partial charge in [0, 0.05) is 18.2 Å². The Bertz CT molecular complexity index is 1110. The largest absolute Gasteiger partial charge is 0.365 e. The van der Waals surface area contributed by atoms with Crippen molar-refractivity contribution in [2.24, 2.45) is 5.73 Å². The summed E-state index contributed by atoms with van der Waals surface area (Å²) in [5, 5.41) is 7.49. The number of nitrogens with zero attached hydrogens (tertiary/aromatic N) is 3. The summed E-state index contributed by atoms with van der Waals surface area (Å²) >= 11 is 0. The molecule has 3 N–H and O–H groups in total. The van der Waals surface area contributed by atoms with Crippen LogP contribution in [0.15, 0.2) is 42.7 Å². The third kappa shape index (κ3) is 3.56. The van der Waals surface area contributed by atoms with Gasteiger partial charge in [-0.1, -0.05) is 24.3 Å². The van der Waals surface area contributed by atoms with E-state index in [-0.39, 0.29) is 17.5 Å². The number of hydrogen-bond donors (Lipinski definition) is 2. The van der Waals surface area contributed by atoms with Gasteiger partial charge < -0.3 is 11.1 Å². The molecular weight excluding hydrogens is 366 g/mol. The lowest BCUT2D eigenvalue weighted by Gasteiger charge is -2.11. The standard InChI is InChI=1S/C18H19N5O3S/c19-17(24)15-5-6-16(23-18(15)21-11-22-23)13-3-1-12(2-4-13)9-20-14-7-8-27(25,26)10-14/h1-6,11,14,20H,7-10H2,(H2,19,24). The minimum atomic E-state index is -2.88. The Labute approximate surface area is 156 Å². The van der Waals surface area contributed by atoms with Gasteiger partial charge in [-0.25, -0.2) is 17.9 Å². The second kappa shape index (κ2) is 6.75. The molecule has 1 fully saturated rings. The maximum atomic E-state index is 11.5. The molecule has 0 saturated carbocycles. The van der Waals surface area contributed by atoms with Crippen molar-refractivity contribution in [1.82, 2.24) is 19.9 Å². The number of sulfone groups is 1. The van der Waals surface area contributed by atoms with Gasteiger partial charge in [0.2, 0.25) is 0 Å². The maximum absolute atomic E-state index is 11.5. The lowest BCUT2D eigenvalue weighted by atomic mass is 10.1. The lowest BCUT2D eigenvalue weighted by Crippen LogP contribution is -2.29. The molecule has 2 aromatic heterocycles. The molecule has 8 nitrogen and oxygen atoms in total. The summed E-state index contributed by atoms with van der Waals surface area (Å²) in [6.07, 6.45) is 2.05. The first-order valence-electron chi connectivity index (χ1n) is 8.59. The van der Waals surface area contributed by atoms with Gasteiger partial charge in [0.1, 0.15) is 6.33 Å². The maximum Gasteiger partial charge on any atom is 0.252 e. The zero-order valence-electron chi connectivity index (χ0n) is 14.5. The van der Waals surface area contributed by atoms with Crippen LogP contribution in [0.1, 0.15) is 22.3 Å². The van der Waals surface area contributed by atoms with Crippen LogP contribution >= 0.6 is 0 Å². The van der Waals surface area contributed by atoms with E-state index < -0.39 is 15.7 Å². The van der Waals surface area contributed by atoms with E-state index in [1.807, 2.05) is 24.3 Å². The fourth-order valence-electron chi connectivity index (χ4n) is 3.33. The number of hydrogen-bond acceptors (Lipinski definition) is 6. The Hall–Kier alpha value is -2.78. The monoisotopic (exact) mass is 385 g/mol. The topological polar surface area (TPSA) is 119 Å². The highest BCUT2D eigenvalue weighted by Crippen LogP contribution is 2.22. The molecule has 4 rings (SSSR count). The van der Waals surface area contributed by atoms with Gasteiger partial charge in [-0.15, -0.1) is 0 Å². The molecular formula is C18H19N5O3S. The van der Waals surface area contributed by atoms with Crippen LogP contribution in [0.3, 0.4) is 0 Å². The van der Waals surface area contributed by atoms with E-state index in [2.05, 4.69) is 15.4 Å². The molecule has 140 valence electrons. The van der Waals surface area contributed by atoms with Crippen molar-refractivity contribution in [2.75, 3.05) is 11.5 Å². The Morgan fingerprint density at radius 2 is 2.00 bits per heavy atom.